The average Bonchev–Trinajstić information content (AvgIpc) is 2.26. The monoisotopic (exact) mass is 312 g/mol. The highest BCUT2D eigenvalue weighted by Crippen LogP contribution is 2.29. The highest BCUT2D eigenvalue weighted by Gasteiger charge is 2.41. The number of sulfone groups is 1. The van der Waals surface area contributed by atoms with Crippen LogP contribution in [0, 0.1) is 0 Å². The Morgan fingerprint density at radius 1 is 1.35 bits per heavy atom. The summed E-state index contributed by atoms with van der Waals surface area (Å²) in [5, 5.41) is 8.62. The Morgan fingerprint density at radius 3 is 2.40 bits per heavy atom. The van der Waals surface area contributed by atoms with Crippen molar-refractivity contribution in [2.45, 2.75) is 11.2 Å². The van der Waals surface area contributed by atoms with Crippen LogP contribution in [0.5, 0.6) is 0 Å². The number of nitrogens with zero attached hydrogens (tertiary/aromatic N) is 1. The summed E-state index contributed by atoms with van der Waals surface area (Å²) in [5.41, 5.74) is 3.93. The zero-order chi connectivity index (χ0) is 15.6. The Morgan fingerprint density at radius 2 is 1.95 bits per heavy atom. The van der Waals surface area contributed by atoms with E-state index in [4.69, 9.17) is 5.11 Å². The maximum Gasteiger partial charge on any atom is 0.493 e. The number of halogens is 3. The van der Waals surface area contributed by atoms with Gasteiger partial charge in [-0.2, -0.15) is 0 Å². The van der Waals surface area contributed by atoms with E-state index in [1.807, 2.05) is 0 Å². The van der Waals surface area contributed by atoms with Gasteiger partial charge in [-0.25, -0.2) is 18.1 Å². The topological polar surface area (TPSA) is 101 Å². The Hall–Kier alpha value is -1.81. The maximum absolute atomic E-state index is 12.7. The number of rotatable bonds is 4. The van der Waals surface area contributed by atoms with Gasteiger partial charge in [0, 0.05) is 0 Å². The van der Waals surface area contributed by atoms with Crippen LogP contribution >= 0.6 is 0 Å². The Balaban J connectivity index is 3.32. The lowest BCUT2D eigenvalue weighted by molar-refractivity contribution is -0.120. The average molecular weight is 312 g/mol. The van der Waals surface area contributed by atoms with Crippen LogP contribution in [0.25, 0.3) is 0 Å². The molecule has 20 heavy (non-hydrogen) atoms. The van der Waals surface area contributed by atoms with Gasteiger partial charge in [-0.3, -0.25) is 0 Å². The number of primary amides is 1. The molecule has 0 aliphatic rings. The number of aliphatic hydroxyl groups is 1. The van der Waals surface area contributed by atoms with Crippen molar-refractivity contribution < 1.29 is 31.5 Å². The molecule has 0 saturated carbocycles. The van der Waals surface area contributed by atoms with Crippen molar-refractivity contribution in [2.75, 3.05) is 17.3 Å². The molecular formula is C10H11F3N2O4S. The molecule has 112 valence electrons. The SMILES string of the molecule is NC(=O)N(c1cccc(S(=O)(=O)CCO)c1)C(F)(F)F. The number of nitrogens with two attached hydrogens (primary N) is 1. The van der Waals surface area contributed by atoms with E-state index in [0.717, 1.165) is 18.2 Å². The van der Waals surface area contributed by atoms with Crippen LogP contribution < -0.4 is 10.6 Å². The summed E-state index contributed by atoms with van der Waals surface area (Å²) in [5.74, 6) is -0.640. The minimum atomic E-state index is -5.08. The second kappa shape index (κ2) is 5.67. The van der Waals surface area contributed by atoms with Crippen molar-refractivity contribution in [3.63, 3.8) is 0 Å². The van der Waals surface area contributed by atoms with Crippen molar-refractivity contribution in [1.82, 2.24) is 0 Å². The largest absolute Gasteiger partial charge is 0.493 e. The molecule has 1 aromatic carbocycles. The molecule has 0 fully saturated rings. The number of carbonyl (C=O) groups is 1. The van der Waals surface area contributed by atoms with Crippen LogP contribution in [0.2, 0.25) is 0 Å². The highest BCUT2D eigenvalue weighted by atomic mass is 32.2. The fourth-order valence-corrected chi connectivity index (χ4v) is 2.51. The molecule has 0 bridgehead atoms. The van der Waals surface area contributed by atoms with Gasteiger partial charge in [0.2, 0.25) is 0 Å². The van der Waals surface area contributed by atoms with Gasteiger partial charge in [0.25, 0.3) is 0 Å². The Kier molecular flexibility index (Phi) is 4.61. The number of urea groups is 1. The van der Waals surface area contributed by atoms with Gasteiger partial charge in [0.1, 0.15) is 0 Å². The lowest BCUT2D eigenvalue weighted by Crippen LogP contribution is -2.46. The molecule has 1 aromatic rings. The van der Waals surface area contributed by atoms with Crippen LogP contribution in [0.1, 0.15) is 0 Å². The lowest BCUT2D eigenvalue weighted by atomic mass is 10.3. The van der Waals surface area contributed by atoms with E-state index < -0.39 is 50.0 Å². The number of amides is 2. The van der Waals surface area contributed by atoms with E-state index in [9.17, 15) is 26.4 Å². The van der Waals surface area contributed by atoms with Crippen molar-refractivity contribution in [1.29, 1.82) is 0 Å². The summed E-state index contributed by atoms with van der Waals surface area (Å²) in [6.45, 7) is -0.675. The molecule has 6 nitrogen and oxygen atoms in total. The second-order valence-corrected chi connectivity index (χ2v) is 5.79. The third-order valence-corrected chi connectivity index (χ3v) is 3.96. The molecule has 2 amide bonds. The van der Waals surface area contributed by atoms with Crippen LogP contribution in [-0.4, -0.2) is 38.2 Å². The van der Waals surface area contributed by atoms with Crippen molar-refractivity contribution >= 4 is 21.6 Å². The minimum Gasteiger partial charge on any atom is -0.395 e. The van der Waals surface area contributed by atoms with Gasteiger partial charge in [-0.15, -0.1) is 13.2 Å². The first-order valence-corrected chi connectivity index (χ1v) is 6.85. The molecule has 0 saturated heterocycles. The number of hydrogen-bond acceptors (Lipinski definition) is 4. The first-order chi connectivity index (χ1) is 9.09. The molecule has 0 heterocycles. The molecule has 0 aromatic heterocycles. The van der Waals surface area contributed by atoms with E-state index in [2.05, 4.69) is 5.73 Å². The minimum absolute atomic E-state index is 0.445. The third kappa shape index (κ3) is 3.61. The van der Waals surface area contributed by atoms with Gasteiger partial charge in [0.15, 0.2) is 9.84 Å². The van der Waals surface area contributed by atoms with E-state index in [1.54, 1.807) is 0 Å². The fraction of sp³-hybridized carbons (Fsp3) is 0.300. The molecule has 0 radical (unpaired) electrons. The Labute approximate surface area is 112 Å². The van der Waals surface area contributed by atoms with Gasteiger partial charge in [0.05, 0.1) is 22.9 Å². The normalized spacial score (nSPS) is 12.2. The standard InChI is InChI=1S/C10H11F3N2O4S/c11-10(12,13)15(9(14)17)7-2-1-3-8(6-7)20(18,19)5-4-16/h1-3,6,16H,4-5H2,(H2,14,17). The van der Waals surface area contributed by atoms with Gasteiger partial charge in [-0.05, 0) is 18.2 Å². The molecule has 3 N–H and O–H groups in total. The highest BCUT2D eigenvalue weighted by molar-refractivity contribution is 7.91. The summed E-state index contributed by atoms with van der Waals surface area (Å²) in [6.07, 6.45) is -5.08. The van der Waals surface area contributed by atoms with E-state index in [0.29, 0.717) is 6.07 Å². The fourth-order valence-electron chi connectivity index (χ4n) is 1.45. The lowest BCUT2D eigenvalue weighted by Gasteiger charge is -2.23. The van der Waals surface area contributed by atoms with Crippen LogP contribution in [0.15, 0.2) is 29.2 Å². The van der Waals surface area contributed by atoms with E-state index >= 15 is 0 Å². The van der Waals surface area contributed by atoms with Crippen molar-refractivity contribution in [3.8, 4) is 0 Å². The first kappa shape index (κ1) is 16.2. The summed E-state index contributed by atoms with van der Waals surface area (Å²) in [7, 11) is -3.93. The molecule has 0 unspecified atom stereocenters. The third-order valence-electron chi connectivity index (χ3n) is 2.27. The molecular weight excluding hydrogens is 301 g/mol. The zero-order valence-electron chi connectivity index (χ0n) is 9.96. The van der Waals surface area contributed by atoms with Gasteiger partial charge >= 0.3 is 12.3 Å². The number of alkyl halides is 3. The summed E-state index contributed by atoms with van der Waals surface area (Å²) in [6, 6.07) is 1.89. The van der Waals surface area contributed by atoms with E-state index in [-0.39, 0.29) is 0 Å². The molecule has 0 aliphatic carbocycles. The quantitative estimate of drug-likeness (QED) is 0.805. The van der Waals surface area contributed by atoms with Crippen LogP contribution in [0.4, 0.5) is 23.7 Å². The molecule has 0 spiro atoms. The molecule has 1 rings (SSSR count). The summed E-state index contributed by atoms with van der Waals surface area (Å²) < 4.78 is 61.3. The van der Waals surface area contributed by atoms with Crippen molar-refractivity contribution in [2.24, 2.45) is 5.73 Å². The predicted molar refractivity (Wildman–Crippen MR) is 63.7 cm³/mol. The predicted octanol–water partition coefficient (Wildman–Crippen LogP) is 0.857. The zero-order valence-corrected chi connectivity index (χ0v) is 10.8. The second-order valence-electron chi connectivity index (χ2n) is 3.68. The molecule has 10 heteroatoms. The molecule has 0 aliphatic heterocycles. The number of aliphatic hydroxyl groups excluding tert-OH is 1. The summed E-state index contributed by atoms with van der Waals surface area (Å²) >= 11 is 0. The summed E-state index contributed by atoms with van der Waals surface area (Å²) in [4.78, 5) is 9.75. The number of benzene rings is 1. The molecule has 0 atom stereocenters. The van der Waals surface area contributed by atoms with Gasteiger partial charge in [-0.1, -0.05) is 6.07 Å². The number of hydrogen-bond donors (Lipinski definition) is 2. The maximum atomic E-state index is 12.7. The smallest absolute Gasteiger partial charge is 0.395 e. The Bertz CT molecular complexity index is 601. The van der Waals surface area contributed by atoms with Crippen LogP contribution in [-0.2, 0) is 9.84 Å². The van der Waals surface area contributed by atoms with Gasteiger partial charge < -0.3 is 10.8 Å². The number of carbonyl (C=O) groups excluding carboxylic acids is 1. The van der Waals surface area contributed by atoms with E-state index in [1.165, 1.54) is 0 Å². The number of anilines is 1. The van der Waals surface area contributed by atoms with Crippen LogP contribution in [0.3, 0.4) is 0 Å². The first-order valence-electron chi connectivity index (χ1n) is 5.19. The van der Waals surface area contributed by atoms with Crippen molar-refractivity contribution in [3.05, 3.63) is 24.3 Å².